The molecule has 0 unspecified atom stereocenters. The molecule has 3 aromatic rings. The van der Waals surface area contributed by atoms with Crippen molar-refractivity contribution in [2.75, 3.05) is 16.7 Å². The largest absolute Gasteiger partial charge is 0.293 e. The molecule has 1 N–H and O–H groups in total. The molecule has 1 heterocycles. The number of anilines is 1. The van der Waals surface area contributed by atoms with E-state index < -0.39 is 10.0 Å². The van der Waals surface area contributed by atoms with Crippen LogP contribution in [0.5, 0.6) is 0 Å². The molecule has 0 aliphatic carbocycles. The summed E-state index contributed by atoms with van der Waals surface area (Å²) in [6.45, 7) is 4.07. The van der Waals surface area contributed by atoms with Gasteiger partial charge in [-0.2, -0.15) is 0 Å². The number of carbonyl (C=O) groups is 1. The van der Waals surface area contributed by atoms with Gasteiger partial charge < -0.3 is 0 Å². The fraction of sp³-hybridized carbons (Fsp3) is 0.200. The topological polar surface area (TPSA) is 76.1 Å². The summed E-state index contributed by atoms with van der Waals surface area (Å²) in [5.41, 5.74) is 4.18. The van der Waals surface area contributed by atoms with Crippen LogP contribution in [0.15, 0.2) is 53.6 Å². The first kappa shape index (κ1) is 19.4. The van der Waals surface area contributed by atoms with E-state index in [-0.39, 0.29) is 11.5 Å². The van der Waals surface area contributed by atoms with Crippen molar-refractivity contribution >= 4 is 44.2 Å². The van der Waals surface area contributed by atoms with Crippen LogP contribution < -0.4 is 4.72 Å². The van der Waals surface area contributed by atoms with Crippen LogP contribution in [-0.4, -0.2) is 31.2 Å². The Bertz CT molecular complexity index is 1110. The summed E-state index contributed by atoms with van der Waals surface area (Å²) in [7, 11) is -3.33. The van der Waals surface area contributed by atoms with Crippen LogP contribution in [0.1, 0.15) is 21.5 Å². The van der Waals surface area contributed by atoms with E-state index in [9.17, 15) is 13.2 Å². The molecule has 1 aromatic heterocycles. The van der Waals surface area contributed by atoms with Gasteiger partial charge >= 0.3 is 0 Å². The molecule has 0 saturated heterocycles. The SMILES string of the molecule is Cc1cc(SCC(=O)c2ccc(NS(C)(=O)=O)cc2)nc2c(C)cccc12. The van der Waals surface area contributed by atoms with Crippen molar-refractivity contribution in [1.29, 1.82) is 0 Å². The zero-order chi connectivity index (χ0) is 19.6. The molecule has 0 atom stereocenters. The third-order valence-electron chi connectivity index (χ3n) is 4.09. The third-order valence-corrected chi connectivity index (χ3v) is 5.60. The number of aryl methyl sites for hydroxylation is 2. The van der Waals surface area contributed by atoms with E-state index >= 15 is 0 Å². The van der Waals surface area contributed by atoms with Gasteiger partial charge in [0.15, 0.2) is 5.78 Å². The van der Waals surface area contributed by atoms with Crippen molar-refractivity contribution < 1.29 is 13.2 Å². The number of pyridine rings is 1. The van der Waals surface area contributed by atoms with Gasteiger partial charge in [0.25, 0.3) is 0 Å². The molecule has 0 radical (unpaired) electrons. The number of thioether (sulfide) groups is 1. The molecule has 27 heavy (non-hydrogen) atoms. The first-order valence-electron chi connectivity index (χ1n) is 8.34. The number of nitrogens with one attached hydrogen (secondary N) is 1. The number of aromatic nitrogens is 1. The number of fused-ring (bicyclic) bond motifs is 1. The van der Waals surface area contributed by atoms with E-state index in [4.69, 9.17) is 0 Å². The molecule has 0 fully saturated rings. The van der Waals surface area contributed by atoms with Crippen molar-refractivity contribution in [2.24, 2.45) is 0 Å². The molecule has 7 heteroatoms. The second kappa shape index (κ2) is 7.70. The molecule has 0 aliphatic heterocycles. The van der Waals surface area contributed by atoms with Crippen LogP contribution in [0.3, 0.4) is 0 Å². The van der Waals surface area contributed by atoms with Crippen LogP contribution in [0, 0.1) is 13.8 Å². The number of sulfonamides is 1. The van der Waals surface area contributed by atoms with Gasteiger partial charge in [-0.1, -0.05) is 30.0 Å². The van der Waals surface area contributed by atoms with Gasteiger partial charge in [-0.15, -0.1) is 0 Å². The lowest BCUT2D eigenvalue weighted by Crippen LogP contribution is -2.10. The molecule has 0 amide bonds. The maximum absolute atomic E-state index is 12.4. The molecule has 140 valence electrons. The molecule has 0 spiro atoms. The van der Waals surface area contributed by atoms with Crippen molar-refractivity contribution in [3.63, 3.8) is 0 Å². The predicted molar refractivity (Wildman–Crippen MR) is 111 cm³/mol. The number of hydrogen-bond donors (Lipinski definition) is 1. The van der Waals surface area contributed by atoms with Gasteiger partial charge in [0.2, 0.25) is 10.0 Å². The second-order valence-electron chi connectivity index (χ2n) is 6.41. The molecular weight excluding hydrogens is 380 g/mol. The van der Waals surface area contributed by atoms with Crippen LogP contribution in [0.2, 0.25) is 0 Å². The number of Topliss-reactive ketones (excluding diaryl/α,β-unsaturated/α-hetero) is 1. The van der Waals surface area contributed by atoms with Gasteiger partial charge in [0.1, 0.15) is 0 Å². The zero-order valence-corrected chi connectivity index (χ0v) is 16.9. The van der Waals surface area contributed by atoms with Gasteiger partial charge in [-0.05, 0) is 55.3 Å². The number of nitrogens with zero attached hydrogens (tertiary/aromatic N) is 1. The van der Waals surface area contributed by atoms with Gasteiger partial charge in [-0.3, -0.25) is 9.52 Å². The average molecular weight is 401 g/mol. The Balaban J connectivity index is 1.72. The summed E-state index contributed by atoms with van der Waals surface area (Å²) >= 11 is 1.40. The first-order chi connectivity index (χ1) is 12.7. The molecule has 2 aromatic carbocycles. The summed E-state index contributed by atoms with van der Waals surface area (Å²) in [6.07, 6.45) is 1.09. The summed E-state index contributed by atoms with van der Waals surface area (Å²) in [5, 5.41) is 1.94. The number of hydrogen-bond acceptors (Lipinski definition) is 5. The number of carbonyl (C=O) groups excluding carboxylic acids is 1. The lowest BCUT2D eigenvalue weighted by atomic mass is 10.1. The van der Waals surface area contributed by atoms with Crippen molar-refractivity contribution in [3.05, 3.63) is 65.2 Å². The van der Waals surface area contributed by atoms with Gasteiger partial charge in [0.05, 0.1) is 22.6 Å². The monoisotopic (exact) mass is 400 g/mol. The van der Waals surface area contributed by atoms with Crippen molar-refractivity contribution in [3.8, 4) is 0 Å². The minimum Gasteiger partial charge on any atom is -0.293 e. The summed E-state index contributed by atoms with van der Waals surface area (Å²) < 4.78 is 24.8. The highest BCUT2D eigenvalue weighted by Crippen LogP contribution is 2.26. The molecule has 0 aliphatic rings. The Hall–Kier alpha value is -2.38. The molecule has 0 saturated carbocycles. The Labute approximate surface area is 163 Å². The van der Waals surface area contributed by atoms with E-state index in [2.05, 4.69) is 15.8 Å². The fourth-order valence-corrected chi connectivity index (χ4v) is 4.19. The van der Waals surface area contributed by atoms with Crippen LogP contribution in [-0.2, 0) is 10.0 Å². The summed E-state index contributed by atoms with van der Waals surface area (Å²) in [6, 6.07) is 14.5. The van der Waals surface area contributed by atoms with Crippen LogP contribution in [0.4, 0.5) is 5.69 Å². The van der Waals surface area contributed by atoms with Crippen LogP contribution >= 0.6 is 11.8 Å². The number of para-hydroxylation sites is 1. The lowest BCUT2D eigenvalue weighted by Gasteiger charge is -2.08. The minimum atomic E-state index is -3.33. The Kier molecular flexibility index (Phi) is 5.53. The normalized spacial score (nSPS) is 11.5. The lowest BCUT2D eigenvalue weighted by molar-refractivity contribution is 0.102. The average Bonchev–Trinajstić information content (AvgIpc) is 2.60. The van der Waals surface area contributed by atoms with Crippen LogP contribution in [0.25, 0.3) is 10.9 Å². The minimum absolute atomic E-state index is 0.0322. The van der Waals surface area contributed by atoms with Crippen molar-refractivity contribution in [1.82, 2.24) is 4.98 Å². The standard InChI is InChI=1S/C20H20N2O3S2/c1-13-5-4-6-17-14(2)11-19(21-20(13)17)26-12-18(23)15-7-9-16(10-8-15)22-27(3,24)25/h4-11,22H,12H2,1-3H3. The molecule has 3 rings (SSSR count). The highest BCUT2D eigenvalue weighted by atomic mass is 32.2. The van der Waals surface area contributed by atoms with E-state index in [0.29, 0.717) is 11.3 Å². The third kappa shape index (κ3) is 4.87. The van der Waals surface area contributed by atoms with E-state index in [1.54, 1.807) is 24.3 Å². The van der Waals surface area contributed by atoms with Gasteiger partial charge in [-0.25, -0.2) is 13.4 Å². The smallest absolute Gasteiger partial charge is 0.229 e. The quantitative estimate of drug-likeness (QED) is 0.496. The zero-order valence-electron chi connectivity index (χ0n) is 15.3. The van der Waals surface area contributed by atoms with Gasteiger partial charge in [0, 0.05) is 16.6 Å². The Morgan fingerprint density at radius 1 is 1.07 bits per heavy atom. The van der Waals surface area contributed by atoms with Crippen molar-refractivity contribution in [2.45, 2.75) is 18.9 Å². The predicted octanol–water partition coefficient (Wildman–Crippen LogP) is 4.20. The van der Waals surface area contributed by atoms with E-state index in [0.717, 1.165) is 33.3 Å². The summed E-state index contributed by atoms with van der Waals surface area (Å²) in [4.78, 5) is 17.1. The molecular formula is C20H20N2O3S2. The molecule has 5 nitrogen and oxygen atoms in total. The second-order valence-corrected chi connectivity index (χ2v) is 9.16. The highest BCUT2D eigenvalue weighted by molar-refractivity contribution is 7.99. The maximum atomic E-state index is 12.4. The highest BCUT2D eigenvalue weighted by Gasteiger charge is 2.10. The number of ketones is 1. The van der Waals surface area contributed by atoms with E-state index in [1.165, 1.54) is 11.8 Å². The Morgan fingerprint density at radius 3 is 2.44 bits per heavy atom. The summed E-state index contributed by atoms with van der Waals surface area (Å²) in [5.74, 6) is 0.234. The Morgan fingerprint density at radius 2 is 1.78 bits per heavy atom. The maximum Gasteiger partial charge on any atom is 0.229 e. The fourth-order valence-electron chi connectivity index (χ4n) is 2.77. The number of benzene rings is 2. The molecule has 0 bridgehead atoms. The number of rotatable bonds is 6. The van der Waals surface area contributed by atoms with E-state index in [1.807, 2.05) is 32.0 Å². The first-order valence-corrected chi connectivity index (χ1v) is 11.2.